The summed E-state index contributed by atoms with van der Waals surface area (Å²) in [5, 5.41) is 0. The first kappa shape index (κ1) is 20.8. The number of carbonyl (C=O) groups is 2. The molecule has 4 rings (SSSR count). The molecular formula is C20H26N2O2S4. The van der Waals surface area contributed by atoms with Crippen molar-refractivity contribution < 1.29 is 9.59 Å². The Morgan fingerprint density at radius 2 is 0.929 bits per heavy atom. The lowest BCUT2D eigenvalue weighted by Gasteiger charge is -2.25. The molecule has 0 N–H and O–H groups in total. The van der Waals surface area contributed by atoms with Crippen molar-refractivity contribution in [2.45, 2.75) is 89.1 Å². The average Bonchev–Trinajstić information content (AvgIpc) is 2.96. The standard InChI is InChI=1S/C20H26N2O2S4/c23-17-15(27-19(25)21(17)13-9-5-1-2-6-10-13)16-18(24)22(20(26)28-16)14-11-7-3-4-8-12-14/h13-14H,1-12H2. The van der Waals surface area contributed by atoms with E-state index in [0.29, 0.717) is 18.5 Å². The highest BCUT2D eigenvalue weighted by Gasteiger charge is 2.45. The Labute approximate surface area is 186 Å². The molecule has 152 valence electrons. The lowest BCUT2D eigenvalue weighted by Crippen LogP contribution is -2.39. The molecule has 8 heteroatoms. The molecule has 0 bridgehead atoms. The van der Waals surface area contributed by atoms with Crippen molar-refractivity contribution in [2.24, 2.45) is 0 Å². The molecule has 2 saturated heterocycles. The van der Waals surface area contributed by atoms with Crippen LogP contribution in [0.3, 0.4) is 0 Å². The smallest absolute Gasteiger partial charge is 0.267 e. The highest BCUT2D eigenvalue weighted by molar-refractivity contribution is 8.29. The molecule has 2 saturated carbocycles. The molecule has 2 aliphatic heterocycles. The summed E-state index contributed by atoms with van der Waals surface area (Å²) in [6.07, 6.45) is 13.5. The zero-order chi connectivity index (χ0) is 19.7. The second-order valence-electron chi connectivity index (χ2n) is 8.04. The Bertz CT molecular complexity index is 660. The Hall–Kier alpha value is -0.440. The molecule has 0 unspecified atom stereocenters. The van der Waals surface area contributed by atoms with Crippen LogP contribution in [0.1, 0.15) is 77.0 Å². The van der Waals surface area contributed by atoms with E-state index in [1.165, 1.54) is 49.2 Å². The van der Waals surface area contributed by atoms with Gasteiger partial charge in [0.05, 0.1) is 9.81 Å². The molecule has 2 amide bonds. The fourth-order valence-corrected chi connectivity index (χ4v) is 7.65. The number of hydrogen-bond donors (Lipinski definition) is 0. The van der Waals surface area contributed by atoms with Gasteiger partial charge >= 0.3 is 0 Å². The molecule has 2 aliphatic carbocycles. The van der Waals surface area contributed by atoms with Crippen LogP contribution in [0.25, 0.3) is 0 Å². The second-order valence-corrected chi connectivity index (χ2v) is 11.3. The van der Waals surface area contributed by atoms with Gasteiger partial charge in [0.15, 0.2) is 0 Å². The summed E-state index contributed by atoms with van der Waals surface area (Å²) in [7, 11) is 0. The van der Waals surface area contributed by atoms with Crippen LogP contribution in [0, 0.1) is 0 Å². The zero-order valence-corrected chi connectivity index (χ0v) is 19.2. The van der Waals surface area contributed by atoms with Gasteiger partial charge in [-0.15, -0.1) is 0 Å². The van der Waals surface area contributed by atoms with Crippen LogP contribution in [0.15, 0.2) is 9.81 Å². The first-order valence-electron chi connectivity index (χ1n) is 10.4. The molecule has 0 radical (unpaired) electrons. The Kier molecular flexibility index (Phi) is 6.80. The van der Waals surface area contributed by atoms with Crippen molar-refractivity contribution in [2.75, 3.05) is 0 Å². The monoisotopic (exact) mass is 454 g/mol. The second kappa shape index (κ2) is 9.14. The van der Waals surface area contributed by atoms with Crippen molar-refractivity contribution in [3.63, 3.8) is 0 Å². The van der Waals surface area contributed by atoms with Gasteiger partial charge in [-0.2, -0.15) is 0 Å². The number of rotatable bonds is 2. The number of hydrogen-bond acceptors (Lipinski definition) is 6. The van der Waals surface area contributed by atoms with E-state index in [0.717, 1.165) is 51.4 Å². The number of nitrogens with zero attached hydrogens (tertiary/aromatic N) is 2. The molecule has 0 aromatic heterocycles. The predicted molar refractivity (Wildman–Crippen MR) is 124 cm³/mol. The topological polar surface area (TPSA) is 40.6 Å². The number of thioether (sulfide) groups is 2. The molecule has 2 heterocycles. The van der Waals surface area contributed by atoms with Crippen molar-refractivity contribution in [3.8, 4) is 0 Å². The van der Waals surface area contributed by atoms with Crippen molar-refractivity contribution >= 4 is 68.4 Å². The SMILES string of the molecule is O=C1C(=C2SC(=S)N(C3CCCCCC3)C2=O)SC(=S)N1C1CCCCCC1. The molecule has 0 spiro atoms. The van der Waals surface area contributed by atoms with Crippen LogP contribution in [-0.2, 0) is 9.59 Å². The molecule has 4 nitrogen and oxygen atoms in total. The Morgan fingerprint density at radius 1 is 0.607 bits per heavy atom. The number of carbonyl (C=O) groups excluding carboxylic acids is 2. The summed E-state index contributed by atoms with van der Waals surface area (Å²) < 4.78 is 1.21. The van der Waals surface area contributed by atoms with E-state index in [1.807, 2.05) is 0 Å². The third-order valence-corrected chi connectivity index (χ3v) is 9.12. The third kappa shape index (κ3) is 4.07. The third-order valence-electron chi connectivity index (χ3n) is 6.18. The first-order valence-corrected chi connectivity index (χ1v) is 12.9. The van der Waals surface area contributed by atoms with Crippen LogP contribution in [-0.4, -0.2) is 42.3 Å². The van der Waals surface area contributed by atoms with E-state index < -0.39 is 0 Å². The van der Waals surface area contributed by atoms with Crippen LogP contribution < -0.4 is 0 Å². The molecule has 0 aromatic rings. The van der Waals surface area contributed by atoms with Gasteiger partial charge in [0.1, 0.15) is 8.64 Å². The average molecular weight is 455 g/mol. The summed E-state index contributed by atoms with van der Waals surface area (Å²) in [6.45, 7) is 0. The van der Waals surface area contributed by atoms with E-state index in [1.54, 1.807) is 9.80 Å². The quantitative estimate of drug-likeness (QED) is 0.318. The van der Waals surface area contributed by atoms with Gasteiger partial charge in [0.25, 0.3) is 11.8 Å². The summed E-state index contributed by atoms with van der Waals surface area (Å²) >= 11 is 13.7. The minimum Gasteiger partial charge on any atom is -0.290 e. The van der Waals surface area contributed by atoms with Crippen LogP contribution in [0.5, 0.6) is 0 Å². The van der Waals surface area contributed by atoms with Crippen molar-refractivity contribution in [1.82, 2.24) is 9.80 Å². The lowest BCUT2D eigenvalue weighted by atomic mass is 10.1. The number of amides is 2. The summed E-state index contributed by atoms with van der Waals surface area (Å²) in [5.41, 5.74) is 0. The molecular weight excluding hydrogens is 429 g/mol. The van der Waals surface area contributed by atoms with E-state index in [2.05, 4.69) is 0 Å². The maximum Gasteiger partial charge on any atom is 0.267 e. The minimum atomic E-state index is -0.0803. The maximum atomic E-state index is 13.2. The molecule has 4 fully saturated rings. The fourth-order valence-electron chi connectivity index (χ4n) is 4.69. The first-order chi connectivity index (χ1) is 13.6. The predicted octanol–water partition coefficient (Wildman–Crippen LogP) is 5.36. The zero-order valence-electron chi connectivity index (χ0n) is 16.0. The van der Waals surface area contributed by atoms with Gasteiger partial charge in [-0.25, -0.2) is 0 Å². The van der Waals surface area contributed by atoms with Gasteiger partial charge < -0.3 is 0 Å². The summed E-state index contributed by atoms with van der Waals surface area (Å²) in [5.74, 6) is -0.161. The summed E-state index contributed by atoms with van der Waals surface area (Å²) in [6, 6.07) is 0.360. The molecule has 4 aliphatic rings. The van der Waals surface area contributed by atoms with E-state index >= 15 is 0 Å². The largest absolute Gasteiger partial charge is 0.290 e. The Balaban J connectivity index is 1.57. The van der Waals surface area contributed by atoms with Gasteiger partial charge in [-0.1, -0.05) is 99.3 Å². The maximum absolute atomic E-state index is 13.2. The van der Waals surface area contributed by atoms with Crippen molar-refractivity contribution in [1.29, 1.82) is 0 Å². The highest BCUT2D eigenvalue weighted by atomic mass is 32.2. The van der Waals surface area contributed by atoms with E-state index in [9.17, 15) is 9.59 Å². The van der Waals surface area contributed by atoms with E-state index in [-0.39, 0.29) is 23.9 Å². The van der Waals surface area contributed by atoms with Gasteiger partial charge in [-0.3, -0.25) is 19.4 Å². The van der Waals surface area contributed by atoms with Gasteiger partial charge in [0.2, 0.25) is 0 Å². The van der Waals surface area contributed by atoms with Gasteiger partial charge in [0, 0.05) is 12.1 Å². The number of thiocarbonyl (C=S) groups is 2. The minimum absolute atomic E-state index is 0.0803. The van der Waals surface area contributed by atoms with Crippen LogP contribution >= 0.6 is 48.0 Å². The lowest BCUT2D eigenvalue weighted by molar-refractivity contribution is -0.126. The van der Waals surface area contributed by atoms with Gasteiger partial charge in [-0.05, 0) is 25.7 Å². The summed E-state index contributed by atoms with van der Waals surface area (Å²) in [4.78, 5) is 31.1. The molecule has 0 aromatic carbocycles. The Morgan fingerprint density at radius 3 is 1.25 bits per heavy atom. The van der Waals surface area contributed by atoms with Crippen molar-refractivity contribution in [3.05, 3.63) is 9.81 Å². The van der Waals surface area contributed by atoms with Crippen LogP contribution in [0.4, 0.5) is 0 Å². The molecule has 28 heavy (non-hydrogen) atoms. The highest BCUT2D eigenvalue weighted by Crippen LogP contribution is 2.45. The normalized spacial score (nSPS) is 29.0. The fraction of sp³-hybridized carbons (Fsp3) is 0.700. The van der Waals surface area contributed by atoms with E-state index in [4.69, 9.17) is 24.4 Å². The molecule has 0 atom stereocenters. The van der Waals surface area contributed by atoms with Crippen LogP contribution in [0.2, 0.25) is 0 Å².